The van der Waals surface area contributed by atoms with Gasteiger partial charge >= 0.3 is 0 Å². The molecule has 0 saturated carbocycles. The molecule has 1 aromatic heterocycles. The SMILES string of the molecule is CCNCc1cc(C)nc(N(C)C2CCSC2)c1. The van der Waals surface area contributed by atoms with E-state index in [4.69, 9.17) is 0 Å². The van der Waals surface area contributed by atoms with Crippen molar-refractivity contribution in [2.45, 2.75) is 32.9 Å². The van der Waals surface area contributed by atoms with Crippen LogP contribution in [-0.2, 0) is 6.54 Å². The van der Waals surface area contributed by atoms with E-state index in [0.717, 1.165) is 24.6 Å². The van der Waals surface area contributed by atoms with Gasteiger partial charge in [-0.05, 0) is 43.3 Å². The van der Waals surface area contributed by atoms with E-state index >= 15 is 0 Å². The van der Waals surface area contributed by atoms with Gasteiger partial charge in [0.2, 0.25) is 0 Å². The Morgan fingerprint density at radius 3 is 3.00 bits per heavy atom. The van der Waals surface area contributed by atoms with Crippen LogP contribution in [0.15, 0.2) is 12.1 Å². The highest BCUT2D eigenvalue weighted by atomic mass is 32.2. The van der Waals surface area contributed by atoms with Crippen LogP contribution < -0.4 is 10.2 Å². The number of hydrogen-bond acceptors (Lipinski definition) is 4. The summed E-state index contributed by atoms with van der Waals surface area (Å²) >= 11 is 2.05. The molecular formula is C14H23N3S. The van der Waals surface area contributed by atoms with E-state index < -0.39 is 0 Å². The Bertz CT molecular complexity index is 389. The molecule has 0 amide bonds. The lowest BCUT2D eigenvalue weighted by molar-refractivity contribution is 0.686. The second-order valence-corrected chi connectivity index (χ2v) is 6.03. The number of nitrogens with zero attached hydrogens (tertiary/aromatic N) is 2. The molecule has 1 aromatic rings. The zero-order valence-corrected chi connectivity index (χ0v) is 12.4. The van der Waals surface area contributed by atoms with Crippen molar-refractivity contribution in [1.82, 2.24) is 10.3 Å². The summed E-state index contributed by atoms with van der Waals surface area (Å²) < 4.78 is 0. The highest BCUT2D eigenvalue weighted by Crippen LogP contribution is 2.25. The molecule has 100 valence electrons. The molecule has 2 heterocycles. The van der Waals surface area contributed by atoms with Gasteiger partial charge in [-0.1, -0.05) is 6.92 Å². The quantitative estimate of drug-likeness (QED) is 0.885. The molecule has 18 heavy (non-hydrogen) atoms. The Labute approximate surface area is 114 Å². The Kier molecular flexibility index (Phi) is 4.89. The van der Waals surface area contributed by atoms with Crippen LogP contribution in [0.2, 0.25) is 0 Å². The molecule has 0 spiro atoms. The molecule has 0 aromatic carbocycles. The van der Waals surface area contributed by atoms with Gasteiger partial charge in [0.05, 0.1) is 0 Å². The Morgan fingerprint density at radius 1 is 1.50 bits per heavy atom. The molecular weight excluding hydrogens is 242 g/mol. The van der Waals surface area contributed by atoms with E-state index in [-0.39, 0.29) is 0 Å². The molecule has 2 rings (SSSR count). The topological polar surface area (TPSA) is 28.2 Å². The third-order valence-corrected chi connectivity index (χ3v) is 4.54. The van der Waals surface area contributed by atoms with E-state index in [0.29, 0.717) is 6.04 Å². The molecule has 1 fully saturated rings. The fourth-order valence-electron chi connectivity index (χ4n) is 2.29. The standard InChI is InChI=1S/C14H23N3S/c1-4-15-9-12-7-11(2)16-14(8-12)17(3)13-5-6-18-10-13/h7-8,13,15H,4-6,9-10H2,1-3H3. The van der Waals surface area contributed by atoms with Crippen molar-refractivity contribution in [3.05, 3.63) is 23.4 Å². The second-order valence-electron chi connectivity index (χ2n) is 4.88. The lowest BCUT2D eigenvalue weighted by Gasteiger charge is -2.25. The Hall–Kier alpha value is -0.740. The van der Waals surface area contributed by atoms with Gasteiger partial charge in [-0.25, -0.2) is 4.98 Å². The lowest BCUT2D eigenvalue weighted by atomic mass is 10.2. The molecule has 1 N–H and O–H groups in total. The van der Waals surface area contributed by atoms with Crippen LogP contribution in [0.1, 0.15) is 24.6 Å². The number of hydrogen-bond donors (Lipinski definition) is 1. The van der Waals surface area contributed by atoms with Gasteiger partial charge in [0.25, 0.3) is 0 Å². The van der Waals surface area contributed by atoms with E-state index in [1.165, 1.54) is 23.5 Å². The first-order valence-electron chi connectivity index (χ1n) is 6.69. The molecule has 1 atom stereocenters. The Balaban J connectivity index is 2.13. The van der Waals surface area contributed by atoms with E-state index in [1.807, 2.05) is 11.8 Å². The number of aromatic nitrogens is 1. The summed E-state index contributed by atoms with van der Waals surface area (Å²) in [4.78, 5) is 7.02. The van der Waals surface area contributed by atoms with Crippen LogP contribution in [0.5, 0.6) is 0 Å². The summed E-state index contributed by atoms with van der Waals surface area (Å²) in [7, 11) is 2.18. The third kappa shape index (κ3) is 3.39. The minimum Gasteiger partial charge on any atom is -0.356 e. The normalized spacial score (nSPS) is 19.2. The van der Waals surface area contributed by atoms with Crippen LogP contribution in [-0.4, -0.2) is 36.1 Å². The summed E-state index contributed by atoms with van der Waals surface area (Å²) in [5.74, 6) is 3.63. The summed E-state index contributed by atoms with van der Waals surface area (Å²) in [5, 5.41) is 3.38. The van der Waals surface area contributed by atoms with Crippen LogP contribution in [0.25, 0.3) is 0 Å². The first kappa shape index (κ1) is 13.7. The van der Waals surface area contributed by atoms with Crippen molar-refractivity contribution in [2.24, 2.45) is 0 Å². The predicted molar refractivity (Wildman–Crippen MR) is 80.5 cm³/mol. The zero-order valence-electron chi connectivity index (χ0n) is 11.6. The van der Waals surface area contributed by atoms with Crippen LogP contribution >= 0.6 is 11.8 Å². The minimum atomic E-state index is 0.649. The van der Waals surface area contributed by atoms with E-state index in [1.54, 1.807) is 0 Å². The molecule has 0 bridgehead atoms. The van der Waals surface area contributed by atoms with Crippen LogP contribution in [0.3, 0.4) is 0 Å². The largest absolute Gasteiger partial charge is 0.356 e. The maximum Gasteiger partial charge on any atom is 0.129 e. The first-order valence-corrected chi connectivity index (χ1v) is 7.85. The first-order chi connectivity index (χ1) is 8.70. The fraction of sp³-hybridized carbons (Fsp3) is 0.643. The van der Waals surface area contributed by atoms with Crippen molar-refractivity contribution in [3.63, 3.8) is 0 Å². The van der Waals surface area contributed by atoms with Crippen molar-refractivity contribution in [1.29, 1.82) is 0 Å². The molecule has 0 aliphatic carbocycles. The number of thioether (sulfide) groups is 1. The molecule has 0 radical (unpaired) electrons. The fourth-order valence-corrected chi connectivity index (χ4v) is 3.56. The third-order valence-electron chi connectivity index (χ3n) is 3.39. The molecule has 3 nitrogen and oxygen atoms in total. The molecule has 1 unspecified atom stereocenters. The summed E-state index contributed by atoms with van der Waals surface area (Å²) in [5.41, 5.74) is 2.44. The number of rotatable bonds is 5. The highest BCUT2D eigenvalue weighted by Gasteiger charge is 2.21. The average Bonchev–Trinajstić information content (AvgIpc) is 2.88. The smallest absolute Gasteiger partial charge is 0.129 e. The van der Waals surface area contributed by atoms with Gasteiger partial charge in [-0.3, -0.25) is 0 Å². The van der Waals surface area contributed by atoms with Crippen molar-refractivity contribution in [3.8, 4) is 0 Å². The van der Waals surface area contributed by atoms with Crippen molar-refractivity contribution < 1.29 is 0 Å². The molecule has 1 aliphatic heterocycles. The summed E-state index contributed by atoms with van der Waals surface area (Å²) in [6.45, 7) is 6.15. The Morgan fingerprint density at radius 2 is 2.33 bits per heavy atom. The predicted octanol–water partition coefficient (Wildman–Crippen LogP) is 2.44. The van der Waals surface area contributed by atoms with Crippen LogP contribution in [0, 0.1) is 6.92 Å². The van der Waals surface area contributed by atoms with Crippen molar-refractivity contribution in [2.75, 3.05) is 30.0 Å². The van der Waals surface area contributed by atoms with Gasteiger partial charge in [-0.2, -0.15) is 11.8 Å². The maximum atomic E-state index is 4.68. The van der Waals surface area contributed by atoms with Gasteiger partial charge in [0.15, 0.2) is 0 Å². The van der Waals surface area contributed by atoms with E-state index in [2.05, 4.69) is 48.2 Å². The van der Waals surface area contributed by atoms with Crippen molar-refractivity contribution >= 4 is 17.6 Å². The summed E-state index contributed by atoms with van der Waals surface area (Å²) in [6.07, 6.45) is 1.28. The lowest BCUT2D eigenvalue weighted by Crippen LogP contribution is -2.32. The molecule has 1 saturated heterocycles. The van der Waals surface area contributed by atoms with Gasteiger partial charge in [0, 0.05) is 31.1 Å². The monoisotopic (exact) mass is 265 g/mol. The number of anilines is 1. The number of nitrogens with one attached hydrogen (secondary N) is 1. The van der Waals surface area contributed by atoms with Gasteiger partial charge in [0.1, 0.15) is 5.82 Å². The van der Waals surface area contributed by atoms with E-state index in [9.17, 15) is 0 Å². The van der Waals surface area contributed by atoms with Gasteiger partial charge < -0.3 is 10.2 Å². The average molecular weight is 265 g/mol. The number of aryl methyl sites for hydroxylation is 1. The zero-order chi connectivity index (χ0) is 13.0. The molecule has 1 aliphatic rings. The molecule has 4 heteroatoms. The second kappa shape index (κ2) is 6.43. The highest BCUT2D eigenvalue weighted by molar-refractivity contribution is 7.99. The minimum absolute atomic E-state index is 0.649. The maximum absolute atomic E-state index is 4.68. The summed E-state index contributed by atoms with van der Waals surface area (Å²) in [6, 6.07) is 5.04. The van der Waals surface area contributed by atoms with Crippen LogP contribution in [0.4, 0.5) is 5.82 Å². The number of pyridine rings is 1. The van der Waals surface area contributed by atoms with Gasteiger partial charge in [-0.15, -0.1) is 0 Å².